The van der Waals surface area contributed by atoms with Gasteiger partial charge in [0, 0.05) is 32.8 Å². The second-order valence-corrected chi connectivity index (χ2v) is 2.85. The van der Waals surface area contributed by atoms with Crippen LogP contribution in [0.5, 0.6) is 0 Å². The fourth-order valence-electron chi connectivity index (χ4n) is 1.23. The molecule has 0 aromatic carbocycles. The third-order valence-corrected chi connectivity index (χ3v) is 1.90. The van der Waals surface area contributed by atoms with E-state index >= 15 is 0 Å². The first-order valence-corrected chi connectivity index (χ1v) is 4.45. The highest BCUT2D eigenvalue weighted by Gasteiger charge is 2.14. The number of nitrogens with zero attached hydrogens (tertiary/aromatic N) is 1. The number of aliphatic hydroxyl groups excluding tert-OH is 1. The van der Waals surface area contributed by atoms with Crippen molar-refractivity contribution in [2.45, 2.75) is 6.04 Å². The molecule has 3 N–H and O–H groups in total. The van der Waals surface area contributed by atoms with Crippen LogP contribution in [0.25, 0.3) is 0 Å². The van der Waals surface area contributed by atoms with Gasteiger partial charge in [0.05, 0.1) is 13.2 Å². The normalized spacial score (nSPS) is 13.2. The van der Waals surface area contributed by atoms with E-state index in [1.54, 1.807) is 13.2 Å². The summed E-state index contributed by atoms with van der Waals surface area (Å²) in [7, 11) is 1.65. The summed E-state index contributed by atoms with van der Waals surface area (Å²) in [5.74, 6) is 0. The van der Waals surface area contributed by atoms with Gasteiger partial charge in [-0.2, -0.15) is 0 Å². The lowest BCUT2D eigenvalue weighted by molar-refractivity contribution is 0.0882. The maximum absolute atomic E-state index is 8.82. The van der Waals surface area contributed by atoms with Gasteiger partial charge in [0.25, 0.3) is 0 Å². The number of nitrogens with two attached hydrogens (primary N) is 1. The number of hydrogen-bond acceptors (Lipinski definition) is 4. The van der Waals surface area contributed by atoms with Crippen molar-refractivity contribution < 1.29 is 9.84 Å². The molecule has 4 nitrogen and oxygen atoms in total. The van der Waals surface area contributed by atoms with E-state index in [-0.39, 0.29) is 12.6 Å². The lowest BCUT2D eigenvalue weighted by Crippen LogP contribution is -2.45. The molecule has 0 bridgehead atoms. The highest BCUT2D eigenvalue weighted by Crippen LogP contribution is 1.98. The maximum Gasteiger partial charge on any atom is 0.0630 e. The fraction of sp³-hybridized carbons (Fsp3) is 0.778. The molecule has 0 saturated heterocycles. The first-order chi connectivity index (χ1) is 6.29. The average Bonchev–Trinajstić information content (AvgIpc) is 2.14. The van der Waals surface area contributed by atoms with Gasteiger partial charge in [-0.05, 0) is 0 Å². The smallest absolute Gasteiger partial charge is 0.0630 e. The van der Waals surface area contributed by atoms with Gasteiger partial charge in [-0.3, -0.25) is 4.90 Å². The van der Waals surface area contributed by atoms with E-state index in [1.807, 2.05) is 0 Å². The number of methoxy groups -OCH3 is 1. The van der Waals surface area contributed by atoms with Crippen molar-refractivity contribution in [1.29, 1.82) is 0 Å². The summed E-state index contributed by atoms with van der Waals surface area (Å²) in [6, 6.07) is 0.162. The van der Waals surface area contributed by atoms with Crippen molar-refractivity contribution in [3.05, 3.63) is 12.7 Å². The molecule has 0 fully saturated rings. The summed E-state index contributed by atoms with van der Waals surface area (Å²) >= 11 is 0. The molecule has 0 aromatic heterocycles. The standard InChI is InChI=1S/C9H20N2O2/c1-3-4-11(5-6-12)9(7-10)8-13-2/h3,9,12H,1,4-8,10H2,2H3. The Bertz CT molecular complexity index is 131. The van der Waals surface area contributed by atoms with Crippen LogP contribution in [-0.2, 0) is 4.74 Å². The molecule has 0 aliphatic rings. The lowest BCUT2D eigenvalue weighted by atomic mass is 10.2. The molecule has 13 heavy (non-hydrogen) atoms. The quantitative estimate of drug-likeness (QED) is 0.501. The summed E-state index contributed by atoms with van der Waals surface area (Å²) in [5.41, 5.74) is 5.58. The van der Waals surface area contributed by atoms with Crippen LogP contribution >= 0.6 is 0 Å². The Morgan fingerprint density at radius 1 is 1.69 bits per heavy atom. The molecule has 0 rings (SSSR count). The number of hydrogen-bond donors (Lipinski definition) is 2. The zero-order valence-electron chi connectivity index (χ0n) is 8.28. The van der Waals surface area contributed by atoms with E-state index in [2.05, 4.69) is 11.5 Å². The number of aliphatic hydroxyl groups is 1. The Morgan fingerprint density at radius 2 is 2.38 bits per heavy atom. The van der Waals surface area contributed by atoms with Crippen LogP contribution in [0, 0.1) is 0 Å². The SMILES string of the molecule is C=CCN(CCO)C(CN)COC. The zero-order chi connectivity index (χ0) is 10.1. The molecule has 0 radical (unpaired) electrons. The summed E-state index contributed by atoms with van der Waals surface area (Å²) in [6.07, 6.45) is 1.80. The first-order valence-electron chi connectivity index (χ1n) is 4.45. The minimum Gasteiger partial charge on any atom is -0.395 e. The third-order valence-electron chi connectivity index (χ3n) is 1.90. The van der Waals surface area contributed by atoms with E-state index in [1.165, 1.54) is 0 Å². The molecule has 0 amide bonds. The summed E-state index contributed by atoms with van der Waals surface area (Å²) < 4.78 is 5.03. The van der Waals surface area contributed by atoms with Crippen molar-refractivity contribution >= 4 is 0 Å². The van der Waals surface area contributed by atoms with Crippen LogP contribution in [0.2, 0.25) is 0 Å². The van der Waals surface area contributed by atoms with Gasteiger partial charge in [0.2, 0.25) is 0 Å². The fourth-order valence-corrected chi connectivity index (χ4v) is 1.23. The van der Waals surface area contributed by atoms with E-state index in [9.17, 15) is 0 Å². The van der Waals surface area contributed by atoms with E-state index < -0.39 is 0 Å². The highest BCUT2D eigenvalue weighted by molar-refractivity contribution is 4.79. The molecule has 1 unspecified atom stereocenters. The van der Waals surface area contributed by atoms with Crippen LogP contribution in [-0.4, -0.2) is 56.0 Å². The Kier molecular flexibility index (Phi) is 7.93. The minimum absolute atomic E-state index is 0.133. The van der Waals surface area contributed by atoms with Crippen LogP contribution in [0.4, 0.5) is 0 Å². The topological polar surface area (TPSA) is 58.7 Å². The molecular formula is C9H20N2O2. The van der Waals surface area contributed by atoms with Crippen molar-refractivity contribution in [3.8, 4) is 0 Å². The molecule has 0 aliphatic heterocycles. The van der Waals surface area contributed by atoms with Gasteiger partial charge < -0.3 is 15.6 Å². The second-order valence-electron chi connectivity index (χ2n) is 2.85. The van der Waals surface area contributed by atoms with Crippen LogP contribution in [0.1, 0.15) is 0 Å². The van der Waals surface area contributed by atoms with Crippen molar-refractivity contribution in [3.63, 3.8) is 0 Å². The Morgan fingerprint density at radius 3 is 2.77 bits per heavy atom. The molecule has 1 atom stereocenters. The highest BCUT2D eigenvalue weighted by atomic mass is 16.5. The molecule has 78 valence electrons. The van der Waals surface area contributed by atoms with Gasteiger partial charge in [-0.1, -0.05) is 6.08 Å². The van der Waals surface area contributed by atoms with Gasteiger partial charge in [-0.25, -0.2) is 0 Å². The minimum atomic E-state index is 0.133. The van der Waals surface area contributed by atoms with E-state index in [0.717, 1.165) is 6.54 Å². The number of rotatable bonds is 8. The predicted molar refractivity (Wildman–Crippen MR) is 53.6 cm³/mol. The van der Waals surface area contributed by atoms with Crippen molar-refractivity contribution in [2.24, 2.45) is 5.73 Å². The van der Waals surface area contributed by atoms with Crippen molar-refractivity contribution in [2.75, 3.05) is 40.0 Å². The molecule has 0 aliphatic carbocycles. The molecule has 4 heteroatoms. The van der Waals surface area contributed by atoms with Gasteiger partial charge >= 0.3 is 0 Å². The molecule has 0 aromatic rings. The van der Waals surface area contributed by atoms with Crippen LogP contribution in [0.15, 0.2) is 12.7 Å². The monoisotopic (exact) mass is 188 g/mol. The molecule has 0 saturated carbocycles. The maximum atomic E-state index is 8.82. The summed E-state index contributed by atoms with van der Waals surface area (Å²) in [5, 5.41) is 8.82. The third kappa shape index (κ3) is 5.00. The van der Waals surface area contributed by atoms with E-state index in [4.69, 9.17) is 15.6 Å². The Hall–Kier alpha value is -0.420. The summed E-state index contributed by atoms with van der Waals surface area (Å²) in [6.45, 7) is 6.24. The molecular weight excluding hydrogens is 168 g/mol. The van der Waals surface area contributed by atoms with E-state index in [0.29, 0.717) is 19.7 Å². The molecule has 0 heterocycles. The first kappa shape index (κ1) is 12.6. The van der Waals surface area contributed by atoms with Crippen LogP contribution in [0.3, 0.4) is 0 Å². The van der Waals surface area contributed by atoms with Crippen LogP contribution < -0.4 is 5.73 Å². The average molecular weight is 188 g/mol. The second kappa shape index (κ2) is 8.19. The Balaban J connectivity index is 4.02. The van der Waals surface area contributed by atoms with Gasteiger partial charge in [-0.15, -0.1) is 6.58 Å². The molecule has 0 spiro atoms. The summed E-state index contributed by atoms with van der Waals surface area (Å²) in [4.78, 5) is 2.05. The largest absolute Gasteiger partial charge is 0.395 e. The predicted octanol–water partition coefficient (Wildman–Crippen LogP) is -0.560. The zero-order valence-corrected chi connectivity index (χ0v) is 8.28. The Labute approximate surface area is 80.0 Å². The van der Waals surface area contributed by atoms with Crippen molar-refractivity contribution in [1.82, 2.24) is 4.90 Å². The van der Waals surface area contributed by atoms with Gasteiger partial charge in [0.15, 0.2) is 0 Å². The number of ether oxygens (including phenoxy) is 1. The lowest BCUT2D eigenvalue weighted by Gasteiger charge is -2.28. The van der Waals surface area contributed by atoms with Gasteiger partial charge in [0.1, 0.15) is 0 Å².